The highest BCUT2D eigenvalue weighted by Gasteiger charge is 2.60. The van der Waals surface area contributed by atoms with Gasteiger partial charge in [0.25, 0.3) is 0 Å². The molecule has 7 nitrogen and oxygen atoms in total. The van der Waals surface area contributed by atoms with Gasteiger partial charge < -0.3 is 28.4 Å². The van der Waals surface area contributed by atoms with E-state index in [1.165, 1.54) is 0 Å². The number of carbonyl (C=O) groups excluding carboxylic acids is 1. The third-order valence-electron chi connectivity index (χ3n) is 4.15. The maximum Gasteiger partial charge on any atom is 0.308 e. The van der Waals surface area contributed by atoms with E-state index < -0.39 is 30.1 Å². The Labute approximate surface area is 136 Å². The van der Waals surface area contributed by atoms with Crippen LogP contribution in [0, 0.1) is 0 Å². The zero-order chi connectivity index (χ0) is 16.8. The summed E-state index contributed by atoms with van der Waals surface area (Å²) in [5.41, 5.74) is 0. The first-order chi connectivity index (χ1) is 10.7. The molecule has 23 heavy (non-hydrogen) atoms. The van der Waals surface area contributed by atoms with Gasteiger partial charge in [-0.1, -0.05) is 6.92 Å². The Hall–Kier alpha value is -0.730. The van der Waals surface area contributed by atoms with Crippen molar-refractivity contribution in [2.24, 2.45) is 0 Å². The number of esters is 1. The van der Waals surface area contributed by atoms with E-state index in [0.717, 1.165) is 6.42 Å². The Kier molecular flexibility index (Phi) is 4.44. The van der Waals surface area contributed by atoms with Gasteiger partial charge in [-0.15, -0.1) is 0 Å². The minimum atomic E-state index is -0.780. The molecule has 0 amide bonds. The van der Waals surface area contributed by atoms with E-state index in [-0.39, 0.29) is 18.2 Å². The molecule has 0 radical (unpaired) electrons. The predicted molar refractivity (Wildman–Crippen MR) is 78.4 cm³/mol. The van der Waals surface area contributed by atoms with Crippen molar-refractivity contribution in [3.63, 3.8) is 0 Å². The Bertz CT molecular complexity index is 461. The van der Waals surface area contributed by atoms with Gasteiger partial charge in [0.05, 0.1) is 6.61 Å². The van der Waals surface area contributed by atoms with Crippen LogP contribution in [0.3, 0.4) is 0 Å². The highest BCUT2D eigenvalue weighted by atomic mass is 16.8. The van der Waals surface area contributed by atoms with Gasteiger partial charge in [-0.25, -0.2) is 0 Å². The normalized spacial score (nSPS) is 41.0. The second-order valence-corrected chi connectivity index (χ2v) is 7.14. The molecular weight excluding hydrogens is 304 g/mol. The van der Waals surface area contributed by atoms with E-state index in [2.05, 4.69) is 0 Å². The second-order valence-electron chi connectivity index (χ2n) is 7.14. The molecule has 0 saturated carbocycles. The van der Waals surface area contributed by atoms with Crippen LogP contribution in [0.2, 0.25) is 0 Å². The molecule has 3 heterocycles. The summed E-state index contributed by atoms with van der Waals surface area (Å²) in [6.07, 6.45) is -1.21. The Morgan fingerprint density at radius 1 is 1.04 bits per heavy atom. The van der Waals surface area contributed by atoms with Crippen LogP contribution in [-0.4, -0.2) is 54.9 Å². The van der Waals surface area contributed by atoms with Gasteiger partial charge in [0, 0.05) is 6.42 Å². The van der Waals surface area contributed by atoms with Crippen molar-refractivity contribution in [3.05, 3.63) is 0 Å². The van der Waals surface area contributed by atoms with Crippen LogP contribution in [0.15, 0.2) is 0 Å². The Morgan fingerprint density at radius 3 is 2.35 bits per heavy atom. The molecule has 0 aromatic heterocycles. The lowest BCUT2D eigenvalue weighted by Gasteiger charge is -2.26. The standard InChI is InChI=1S/C16H26O7/c1-6-7-10(17)19-14-13-12(22-16(4,5)23-13)11(20-14)9-8-18-15(2,3)21-9/h9,11-14H,6-8H2,1-5H3/t9?,11-,12+,13+,14+/m1/s1. The van der Waals surface area contributed by atoms with Crippen LogP contribution in [0.25, 0.3) is 0 Å². The minimum Gasteiger partial charge on any atom is -0.433 e. The highest BCUT2D eigenvalue weighted by Crippen LogP contribution is 2.42. The summed E-state index contributed by atoms with van der Waals surface area (Å²) in [5.74, 6) is -1.70. The molecule has 132 valence electrons. The molecule has 0 spiro atoms. The molecule has 0 aromatic carbocycles. The maximum atomic E-state index is 11.8. The van der Waals surface area contributed by atoms with E-state index in [4.69, 9.17) is 28.4 Å². The summed E-state index contributed by atoms with van der Waals surface area (Å²) in [6, 6.07) is 0. The molecule has 0 bridgehead atoms. The zero-order valence-corrected chi connectivity index (χ0v) is 14.4. The lowest BCUT2D eigenvalue weighted by molar-refractivity contribution is -0.244. The molecule has 3 rings (SSSR count). The Balaban J connectivity index is 1.73. The van der Waals surface area contributed by atoms with Gasteiger partial charge in [-0.05, 0) is 34.1 Å². The number of rotatable bonds is 4. The molecule has 0 aliphatic carbocycles. The highest BCUT2D eigenvalue weighted by molar-refractivity contribution is 5.69. The molecule has 0 N–H and O–H groups in total. The number of carbonyl (C=O) groups is 1. The first-order valence-electron chi connectivity index (χ1n) is 8.23. The van der Waals surface area contributed by atoms with Crippen molar-refractivity contribution >= 4 is 5.97 Å². The summed E-state index contributed by atoms with van der Waals surface area (Å²) < 4.78 is 34.7. The van der Waals surface area contributed by atoms with Gasteiger partial charge in [0.1, 0.15) is 18.3 Å². The Morgan fingerprint density at radius 2 is 1.74 bits per heavy atom. The quantitative estimate of drug-likeness (QED) is 0.727. The minimum absolute atomic E-state index is 0.287. The molecule has 7 heteroatoms. The van der Waals surface area contributed by atoms with E-state index in [0.29, 0.717) is 13.0 Å². The third-order valence-corrected chi connectivity index (χ3v) is 4.15. The van der Waals surface area contributed by atoms with Gasteiger partial charge in [-0.3, -0.25) is 4.79 Å². The lowest BCUT2D eigenvalue weighted by Crippen LogP contribution is -2.40. The molecule has 0 aromatic rings. The van der Waals surface area contributed by atoms with Crippen molar-refractivity contribution in [1.29, 1.82) is 0 Å². The molecule has 3 aliphatic rings. The number of ether oxygens (including phenoxy) is 6. The maximum absolute atomic E-state index is 11.8. The van der Waals surface area contributed by atoms with E-state index in [9.17, 15) is 4.79 Å². The summed E-state index contributed by atoms with van der Waals surface area (Å²) in [6.45, 7) is 9.71. The van der Waals surface area contributed by atoms with Crippen LogP contribution < -0.4 is 0 Å². The van der Waals surface area contributed by atoms with Gasteiger partial charge in [-0.2, -0.15) is 0 Å². The molecule has 3 aliphatic heterocycles. The van der Waals surface area contributed by atoms with Crippen molar-refractivity contribution in [3.8, 4) is 0 Å². The van der Waals surface area contributed by atoms with Gasteiger partial charge in [0.15, 0.2) is 17.7 Å². The summed E-state index contributed by atoms with van der Waals surface area (Å²) >= 11 is 0. The molecule has 3 fully saturated rings. The number of fused-ring (bicyclic) bond motifs is 1. The van der Waals surface area contributed by atoms with E-state index >= 15 is 0 Å². The average molecular weight is 330 g/mol. The van der Waals surface area contributed by atoms with Crippen LogP contribution in [-0.2, 0) is 33.2 Å². The topological polar surface area (TPSA) is 72.5 Å². The van der Waals surface area contributed by atoms with Crippen LogP contribution in [0.5, 0.6) is 0 Å². The summed E-state index contributed by atoms with van der Waals surface area (Å²) in [5, 5.41) is 0. The smallest absolute Gasteiger partial charge is 0.308 e. The SMILES string of the molecule is CCCC(=O)O[C@H]1O[C@H](C2COC(C)(C)O2)[C@@H]2OC(C)(C)O[C@H]12. The predicted octanol–water partition coefficient (Wildman–Crippen LogP) is 1.73. The molecular formula is C16H26O7. The van der Waals surface area contributed by atoms with Crippen LogP contribution in [0.1, 0.15) is 47.5 Å². The van der Waals surface area contributed by atoms with Crippen molar-refractivity contribution in [2.75, 3.05) is 6.61 Å². The van der Waals surface area contributed by atoms with E-state index in [1.807, 2.05) is 34.6 Å². The fourth-order valence-electron chi connectivity index (χ4n) is 3.26. The van der Waals surface area contributed by atoms with Crippen molar-refractivity contribution in [1.82, 2.24) is 0 Å². The first-order valence-corrected chi connectivity index (χ1v) is 8.23. The van der Waals surface area contributed by atoms with Crippen molar-refractivity contribution in [2.45, 2.75) is 89.7 Å². The second kappa shape index (κ2) is 5.97. The summed E-state index contributed by atoms with van der Waals surface area (Å²) in [4.78, 5) is 11.8. The van der Waals surface area contributed by atoms with Gasteiger partial charge >= 0.3 is 5.97 Å². The number of hydrogen-bond donors (Lipinski definition) is 0. The lowest BCUT2D eigenvalue weighted by atomic mass is 10.1. The zero-order valence-electron chi connectivity index (χ0n) is 14.4. The molecule has 5 atom stereocenters. The van der Waals surface area contributed by atoms with Crippen LogP contribution >= 0.6 is 0 Å². The fraction of sp³-hybridized carbons (Fsp3) is 0.938. The van der Waals surface area contributed by atoms with Gasteiger partial charge in [0.2, 0.25) is 6.29 Å². The largest absolute Gasteiger partial charge is 0.433 e. The average Bonchev–Trinajstić information content (AvgIpc) is 3.02. The molecule has 1 unspecified atom stereocenters. The number of hydrogen-bond acceptors (Lipinski definition) is 7. The first kappa shape index (κ1) is 17.1. The van der Waals surface area contributed by atoms with Crippen molar-refractivity contribution < 1.29 is 33.2 Å². The van der Waals surface area contributed by atoms with Crippen LogP contribution in [0.4, 0.5) is 0 Å². The monoisotopic (exact) mass is 330 g/mol. The fourth-order valence-corrected chi connectivity index (χ4v) is 3.26. The van der Waals surface area contributed by atoms with E-state index in [1.54, 1.807) is 0 Å². The summed E-state index contributed by atoms with van der Waals surface area (Å²) in [7, 11) is 0. The molecule has 3 saturated heterocycles. The third kappa shape index (κ3) is 3.53.